The summed E-state index contributed by atoms with van der Waals surface area (Å²) in [6.07, 6.45) is 0.420. The van der Waals surface area contributed by atoms with Crippen LogP contribution in [0, 0.1) is 13.8 Å². The highest BCUT2D eigenvalue weighted by Crippen LogP contribution is 2.17. The third-order valence-electron chi connectivity index (χ3n) is 3.21. The minimum Gasteiger partial charge on any atom is -0.378 e. The average Bonchev–Trinajstić information content (AvgIpc) is 2.57. The Hall–Kier alpha value is -1.11. The summed E-state index contributed by atoms with van der Waals surface area (Å²) in [4.78, 5) is 11.9. The molecule has 0 aliphatic carbocycles. The molecule has 7 heteroatoms. The first-order valence-corrected chi connectivity index (χ1v) is 6.19. The molecular weight excluding hydrogens is 268 g/mol. The monoisotopic (exact) mass is 288 g/mol. The molecule has 1 aliphatic rings. The molecule has 6 nitrogen and oxygen atoms in total. The normalized spacial score (nSPS) is 18.8. The zero-order chi connectivity index (χ0) is 13.1. The number of nitrogens with zero attached hydrogens (tertiary/aromatic N) is 2. The number of morpholine rings is 1. The summed E-state index contributed by atoms with van der Waals surface area (Å²) < 4.78 is 7.03. The molecule has 2 N–H and O–H groups in total. The lowest BCUT2D eigenvalue weighted by Gasteiger charge is -2.23. The Morgan fingerprint density at radius 2 is 2.32 bits per heavy atom. The van der Waals surface area contributed by atoms with E-state index in [1.54, 1.807) is 4.68 Å². The summed E-state index contributed by atoms with van der Waals surface area (Å²) in [6.45, 7) is 6.01. The maximum atomic E-state index is 11.9. The van der Waals surface area contributed by atoms with Gasteiger partial charge in [0.05, 0.1) is 18.9 Å². The molecule has 0 radical (unpaired) electrons. The lowest BCUT2D eigenvalue weighted by Crippen LogP contribution is -2.43. The first kappa shape index (κ1) is 15.9. The van der Waals surface area contributed by atoms with E-state index >= 15 is 0 Å². The van der Waals surface area contributed by atoms with Crippen LogP contribution < -0.4 is 10.6 Å². The number of hydrogen-bond donors (Lipinski definition) is 2. The van der Waals surface area contributed by atoms with E-state index in [4.69, 9.17) is 4.74 Å². The number of carbonyl (C=O) groups is 1. The van der Waals surface area contributed by atoms with Gasteiger partial charge in [0.1, 0.15) is 5.82 Å². The van der Waals surface area contributed by atoms with Gasteiger partial charge >= 0.3 is 0 Å². The van der Waals surface area contributed by atoms with Gasteiger partial charge in [-0.3, -0.25) is 9.48 Å². The van der Waals surface area contributed by atoms with Crippen LogP contribution >= 0.6 is 12.4 Å². The summed E-state index contributed by atoms with van der Waals surface area (Å²) in [6, 6.07) is 0.105. The van der Waals surface area contributed by atoms with E-state index in [1.165, 1.54) is 0 Å². The molecule has 2 heterocycles. The fraction of sp³-hybridized carbons (Fsp3) is 0.667. The van der Waals surface area contributed by atoms with Crippen molar-refractivity contribution in [3.63, 3.8) is 0 Å². The molecule has 108 valence electrons. The largest absolute Gasteiger partial charge is 0.378 e. The predicted octanol–water partition coefficient (Wildman–Crippen LogP) is 0.776. The second-order valence-corrected chi connectivity index (χ2v) is 4.66. The number of ether oxygens (including phenoxy) is 1. The molecule has 0 saturated carbocycles. The second-order valence-electron chi connectivity index (χ2n) is 4.66. The molecule has 1 aromatic rings. The van der Waals surface area contributed by atoms with E-state index in [2.05, 4.69) is 15.7 Å². The van der Waals surface area contributed by atoms with Crippen molar-refractivity contribution < 1.29 is 9.53 Å². The number of amides is 1. The van der Waals surface area contributed by atoms with Gasteiger partial charge in [-0.25, -0.2) is 0 Å². The van der Waals surface area contributed by atoms with Gasteiger partial charge in [-0.2, -0.15) is 5.10 Å². The number of halogens is 1. The summed E-state index contributed by atoms with van der Waals surface area (Å²) in [5.74, 6) is 0.762. The molecule has 1 fully saturated rings. The summed E-state index contributed by atoms with van der Waals surface area (Å²) in [5, 5.41) is 10.4. The Morgan fingerprint density at radius 3 is 2.84 bits per heavy atom. The third kappa shape index (κ3) is 3.92. The van der Waals surface area contributed by atoms with E-state index in [0.717, 1.165) is 30.2 Å². The van der Waals surface area contributed by atoms with E-state index in [0.29, 0.717) is 13.0 Å². The number of aryl methyl sites for hydroxylation is 2. The fourth-order valence-corrected chi connectivity index (χ4v) is 2.10. The van der Waals surface area contributed by atoms with E-state index in [9.17, 15) is 4.79 Å². The molecule has 1 aromatic heterocycles. The minimum atomic E-state index is -0.0101. The van der Waals surface area contributed by atoms with Crippen molar-refractivity contribution in [1.29, 1.82) is 0 Å². The molecular formula is C12H21ClN4O2. The second kappa shape index (κ2) is 6.88. The fourth-order valence-electron chi connectivity index (χ4n) is 2.10. The first-order chi connectivity index (χ1) is 8.58. The maximum absolute atomic E-state index is 11.9. The number of carbonyl (C=O) groups excluding carboxylic acids is 1. The number of hydrogen-bond acceptors (Lipinski definition) is 4. The summed E-state index contributed by atoms with van der Waals surface area (Å²) in [7, 11) is 1.83. The molecule has 1 unspecified atom stereocenters. The predicted molar refractivity (Wildman–Crippen MR) is 75.8 cm³/mol. The lowest BCUT2D eigenvalue weighted by molar-refractivity contribution is -0.117. The van der Waals surface area contributed by atoms with Crippen molar-refractivity contribution in [1.82, 2.24) is 15.1 Å². The number of rotatable bonds is 3. The number of anilines is 1. The van der Waals surface area contributed by atoms with E-state index in [-0.39, 0.29) is 24.4 Å². The first-order valence-electron chi connectivity index (χ1n) is 6.19. The van der Waals surface area contributed by atoms with Crippen molar-refractivity contribution in [2.75, 3.05) is 25.1 Å². The van der Waals surface area contributed by atoms with Crippen LogP contribution in [0.5, 0.6) is 0 Å². The van der Waals surface area contributed by atoms with Crippen LogP contribution in [0.1, 0.15) is 17.7 Å². The molecule has 19 heavy (non-hydrogen) atoms. The number of aromatic nitrogens is 2. The smallest absolute Gasteiger partial charge is 0.227 e. The van der Waals surface area contributed by atoms with Gasteiger partial charge in [0.2, 0.25) is 5.91 Å². The van der Waals surface area contributed by atoms with Crippen molar-refractivity contribution in [2.45, 2.75) is 26.3 Å². The van der Waals surface area contributed by atoms with Crippen molar-refractivity contribution in [3.8, 4) is 0 Å². The van der Waals surface area contributed by atoms with Gasteiger partial charge in [-0.15, -0.1) is 12.4 Å². The van der Waals surface area contributed by atoms with Gasteiger partial charge in [0.15, 0.2) is 0 Å². The van der Waals surface area contributed by atoms with Crippen LogP contribution in [-0.2, 0) is 16.6 Å². The van der Waals surface area contributed by atoms with Crippen molar-refractivity contribution >= 4 is 24.1 Å². The van der Waals surface area contributed by atoms with E-state index in [1.807, 2.05) is 20.9 Å². The van der Waals surface area contributed by atoms with Gasteiger partial charge in [0, 0.05) is 31.6 Å². The molecule has 2 rings (SSSR count). The zero-order valence-corrected chi connectivity index (χ0v) is 12.3. The Kier molecular flexibility index (Phi) is 5.78. The molecule has 0 aromatic carbocycles. The van der Waals surface area contributed by atoms with Crippen molar-refractivity contribution in [2.24, 2.45) is 7.05 Å². The van der Waals surface area contributed by atoms with Crippen molar-refractivity contribution in [3.05, 3.63) is 11.3 Å². The highest BCUT2D eigenvalue weighted by molar-refractivity contribution is 5.91. The highest BCUT2D eigenvalue weighted by Gasteiger charge is 2.18. The summed E-state index contributed by atoms with van der Waals surface area (Å²) >= 11 is 0. The van der Waals surface area contributed by atoms with Crippen LogP contribution in [0.4, 0.5) is 5.82 Å². The highest BCUT2D eigenvalue weighted by atomic mass is 35.5. The van der Waals surface area contributed by atoms with Gasteiger partial charge in [-0.1, -0.05) is 0 Å². The number of nitrogens with one attached hydrogen (secondary N) is 2. The molecule has 1 saturated heterocycles. The zero-order valence-electron chi connectivity index (χ0n) is 11.5. The molecule has 0 bridgehead atoms. The lowest BCUT2D eigenvalue weighted by atomic mass is 10.2. The van der Waals surface area contributed by atoms with Gasteiger partial charge in [-0.05, 0) is 13.8 Å². The Labute approximate surface area is 119 Å². The van der Waals surface area contributed by atoms with Crippen LogP contribution in [-0.4, -0.2) is 41.5 Å². The van der Waals surface area contributed by atoms with Gasteiger partial charge in [0.25, 0.3) is 0 Å². The Bertz CT molecular complexity index is 441. The Balaban J connectivity index is 0.00000180. The standard InChI is InChI=1S/C12H20N4O2.ClH/c1-8-9(2)15-16(3)12(8)14-11(17)6-10-7-18-5-4-13-10;/h10,13H,4-7H2,1-3H3,(H,14,17);1H. The summed E-state index contributed by atoms with van der Waals surface area (Å²) in [5.41, 5.74) is 1.95. The third-order valence-corrected chi connectivity index (χ3v) is 3.21. The van der Waals surface area contributed by atoms with Crippen LogP contribution in [0.3, 0.4) is 0 Å². The van der Waals surface area contributed by atoms with E-state index < -0.39 is 0 Å². The molecule has 1 amide bonds. The van der Waals surface area contributed by atoms with Crippen LogP contribution in [0.25, 0.3) is 0 Å². The van der Waals surface area contributed by atoms with Gasteiger partial charge < -0.3 is 15.4 Å². The molecule has 1 aliphatic heterocycles. The molecule has 0 spiro atoms. The Morgan fingerprint density at radius 1 is 1.58 bits per heavy atom. The average molecular weight is 289 g/mol. The quantitative estimate of drug-likeness (QED) is 0.862. The maximum Gasteiger partial charge on any atom is 0.227 e. The molecule has 1 atom stereocenters. The van der Waals surface area contributed by atoms with Crippen LogP contribution in [0.2, 0.25) is 0 Å². The topological polar surface area (TPSA) is 68.2 Å². The minimum absolute atomic E-state index is 0. The van der Waals surface area contributed by atoms with Crippen LogP contribution in [0.15, 0.2) is 0 Å². The SMILES string of the molecule is Cc1nn(C)c(NC(=O)CC2COCCN2)c1C.Cl.